The normalized spacial score (nSPS) is 10.1. The number of phenols is 1. The van der Waals surface area contributed by atoms with E-state index in [2.05, 4.69) is 18.3 Å². The van der Waals surface area contributed by atoms with Gasteiger partial charge in [0.15, 0.2) is 0 Å². The highest BCUT2D eigenvalue weighted by atomic mass is 16.3. The van der Waals surface area contributed by atoms with Crippen LogP contribution in [-0.4, -0.2) is 5.11 Å². The zero-order chi connectivity index (χ0) is 15.2. The molecule has 2 aromatic rings. The van der Waals surface area contributed by atoms with Gasteiger partial charge in [0.2, 0.25) is 0 Å². The maximum atomic E-state index is 11.0. The van der Waals surface area contributed by atoms with Gasteiger partial charge in [-0.25, -0.2) is 0 Å². The molecule has 3 nitrogen and oxygen atoms in total. The molecular formula is C18H17NO2. The Morgan fingerprint density at radius 3 is 2.10 bits per heavy atom. The van der Waals surface area contributed by atoms with Crippen molar-refractivity contribution in [1.29, 1.82) is 0 Å². The van der Waals surface area contributed by atoms with Crippen molar-refractivity contribution in [3.05, 3.63) is 77.7 Å². The van der Waals surface area contributed by atoms with E-state index in [1.54, 1.807) is 24.3 Å². The number of phenolic OH excluding ortho intramolecular Hbond substituents is 1. The summed E-state index contributed by atoms with van der Waals surface area (Å²) in [5, 5.41) is 13.2. The summed E-state index contributed by atoms with van der Waals surface area (Å²) in [5.74, 6) is 0.128. The van der Waals surface area contributed by atoms with E-state index in [4.69, 9.17) is 0 Å². The Labute approximate surface area is 124 Å². The minimum atomic E-state index is 0.128. The number of hydrogen-bond donors (Lipinski definition) is 1. The van der Waals surface area contributed by atoms with E-state index in [9.17, 15) is 10.0 Å². The lowest BCUT2D eigenvalue weighted by Crippen LogP contribution is -1.88. The van der Waals surface area contributed by atoms with Crippen molar-refractivity contribution in [1.82, 2.24) is 0 Å². The third-order valence-corrected chi connectivity index (χ3v) is 3.27. The monoisotopic (exact) mass is 279 g/mol. The molecule has 106 valence electrons. The molecule has 2 rings (SSSR count). The second kappa shape index (κ2) is 6.66. The molecule has 2 aromatic carbocycles. The molecule has 0 aliphatic rings. The molecule has 0 saturated carbocycles. The highest BCUT2D eigenvalue weighted by Crippen LogP contribution is 2.37. The first-order valence-corrected chi connectivity index (χ1v) is 6.70. The van der Waals surface area contributed by atoms with E-state index in [0.717, 1.165) is 11.1 Å². The fourth-order valence-corrected chi connectivity index (χ4v) is 2.26. The first-order valence-electron chi connectivity index (χ1n) is 6.70. The molecule has 0 amide bonds. The Bertz CT molecular complexity index is 690. The Kier molecular flexibility index (Phi) is 4.67. The second-order valence-corrected chi connectivity index (χ2v) is 4.78. The lowest BCUT2D eigenvalue weighted by Gasteiger charge is -2.10. The van der Waals surface area contributed by atoms with Gasteiger partial charge in [-0.05, 0) is 53.4 Å². The summed E-state index contributed by atoms with van der Waals surface area (Å²) in [6.07, 6.45) is 4.98. The van der Waals surface area contributed by atoms with Crippen LogP contribution in [0.4, 0.5) is 5.69 Å². The summed E-state index contributed by atoms with van der Waals surface area (Å²) >= 11 is 0. The molecule has 0 atom stereocenters. The number of allylic oxidation sites excluding steroid dienone is 2. The zero-order valence-electron chi connectivity index (χ0n) is 11.7. The van der Waals surface area contributed by atoms with Crippen molar-refractivity contribution >= 4 is 5.69 Å². The van der Waals surface area contributed by atoms with Crippen LogP contribution in [0, 0.1) is 4.91 Å². The molecule has 0 aliphatic carbocycles. The molecule has 0 aromatic heterocycles. The quantitative estimate of drug-likeness (QED) is 0.603. The molecule has 21 heavy (non-hydrogen) atoms. The van der Waals surface area contributed by atoms with Crippen molar-refractivity contribution < 1.29 is 5.11 Å². The van der Waals surface area contributed by atoms with Crippen molar-refractivity contribution in [2.24, 2.45) is 5.18 Å². The molecule has 0 saturated heterocycles. The highest BCUT2D eigenvalue weighted by Gasteiger charge is 2.12. The SMILES string of the molecule is C=CCc1ccc(O)c(-c2cc(CC=C)ccc2N=O)c1. The van der Waals surface area contributed by atoms with E-state index >= 15 is 0 Å². The largest absolute Gasteiger partial charge is 0.507 e. The summed E-state index contributed by atoms with van der Waals surface area (Å²) in [6, 6.07) is 10.7. The number of nitrogens with zero attached hydrogens (tertiary/aromatic N) is 1. The number of rotatable bonds is 6. The van der Waals surface area contributed by atoms with Crippen molar-refractivity contribution in [2.45, 2.75) is 12.8 Å². The van der Waals surface area contributed by atoms with Crippen LogP contribution in [0.2, 0.25) is 0 Å². The molecule has 0 aliphatic heterocycles. The van der Waals surface area contributed by atoms with Gasteiger partial charge in [-0.1, -0.05) is 24.3 Å². The predicted molar refractivity (Wildman–Crippen MR) is 86.8 cm³/mol. The zero-order valence-corrected chi connectivity index (χ0v) is 11.7. The number of aromatic hydroxyl groups is 1. The maximum Gasteiger partial charge on any atom is 0.123 e. The summed E-state index contributed by atoms with van der Waals surface area (Å²) in [4.78, 5) is 11.0. The predicted octanol–water partition coefficient (Wildman–Crippen LogP) is 4.91. The Hall–Kier alpha value is -2.68. The molecule has 0 radical (unpaired) electrons. The molecule has 0 heterocycles. The minimum Gasteiger partial charge on any atom is -0.507 e. The second-order valence-electron chi connectivity index (χ2n) is 4.78. The van der Waals surface area contributed by atoms with Crippen molar-refractivity contribution in [2.75, 3.05) is 0 Å². The van der Waals surface area contributed by atoms with Gasteiger partial charge in [0.05, 0.1) is 0 Å². The van der Waals surface area contributed by atoms with Gasteiger partial charge in [0.25, 0.3) is 0 Å². The summed E-state index contributed by atoms with van der Waals surface area (Å²) in [5.41, 5.74) is 3.58. The van der Waals surface area contributed by atoms with Gasteiger partial charge in [0.1, 0.15) is 11.4 Å². The van der Waals surface area contributed by atoms with Crippen LogP contribution < -0.4 is 0 Å². The van der Waals surface area contributed by atoms with E-state index in [0.29, 0.717) is 29.7 Å². The fourth-order valence-electron chi connectivity index (χ4n) is 2.26. The standard InChI is InChI=1S/C18H17NO2/c1-3-5-13-7-9-17(19-21)15(11-13)16-12-14(6-4-2)8-10-18(16)20/h3-4,7-12,20H,1-2,5-6H2. The van der Waals surface area contributed by atoms with Gasteiger partial charge < -0.3 is 5.11 Å². The lowest BCUT2D eigenvalue weighted by atomic mass is 9.96. The number of nitroso groups, excluding NO2 is 1. The summed E-state index contributed by atoms with van der Waals surface area (Å²) in [7, 11) is 0. The van der Waals surface area contributed by atoms with Crippen LogP contribution in [0.5, 0.6) is 5.75 Å². The summed E-state index contributed by atoms with van der Waals surface area (Å²) in [6.45, 7) is 7.42. The minimum absolute atomic E-state index is 0.128. The molecule has 1 N–H and O–H groups in total. The number of hydrogen-bond acceptors (Lipinski definition) is 3. The van der Waals surface area contributed by atoms with Gasteiger partial charge >= 0.3 is 0 Å². The van der Waals surface area contributed by atoms with Crippen LogP contribution in [0.15, 0.2) is 66.9 Å². The van der Waals surface area contributed by atoms with Crippen LogP contribution >= 0.6 is 0 Å². The Balaban J connectivity index is 2.60. The first-order chi connectivity index (χ1) is 10.2. The average Bonchev–Trinajstić information content (AvgIpc) is 2.50. The first kappa shape index (κ1) is 14.7. The third kappa shape index (κ3) is 3.26. The van der Waals surface area contributed by atoms with E-state index in [1.807, 2.05) is 24.3 Å². The van der Waals surface area contributed by atoms with Gasteiger partial charge in [0, 0.05) is 11.1 Å². The Morgan fingerprint density at radius 1 is 0.952 bits per heavy atom. The van der Waals surface area contributed by atoms with E-state index in [-0.39, 0.29) is 5.75 Å². The fraction of sp³-hybridized carbons (Fsp3) is 0.111. The van der Waals surface area contributed by atoms with Gasteiger partial charge in [-0.2, -0.15) is 0 Å². The molecule has 0 unspecified atom stereocenters. The van der Waals surface area contributed by atoms with Crippen LogP contribution in [0.25, 0.3) is 11.1 Å². The van der Waals surface area contributed by atoms with Gasteiger partial charge in [-0.15, -0.1) is 18.1 Å². The lowest BCUT2D eigenvalue weighted by molar-refractivity contribution is 0.477. The van der Waals surface area contributed by atoms with Gasteiger partial charge in [-0.3, -0.25) is 0 Å². The van der Waals surface area contributed by atoms with Crippen LogP contribution in [0.3, 0.4) is 0 Å². The molecule has 0 bridgehead atoms. The third-order valence-electron chi connectivity index (χ3n) is 3.27. The van der Waals surface area contributed by atoms with Crippen LogP contribution in [-0.2, 0) is 12.8 Å². The number of benzene rings is 2. The molecular weight excluding hydrogens is 262 g/mol. The van der Waals surface area contributed by atoms with Crippen molar-refractivity contribution in [3.63, 3.8) is 0 Å². The maximum absolute atomic E-state index is 11.0. The van der Waals surface area contributed by atoms with E-state index in [1.165, 1.54) is 0 Å². The average molecular weight is 279 g/mol. The van der Waals surface area contributed by atoms with E-state index < -0.39 is 0 Å². The molecule has 0 fully saturated rings. The molecule has 3 heteroatoms. The summed E-state index contributed by atoms with van der Waals surface area (Å²) < 4.78 is 0. The van der Waals surface area contributed by atoms with Crippen LogP contribution in [0.1, 0.15) is 11.1 Å². The highest BCUT2D eigenvalue weighted by molar-refractivity contribution is 5.80. The Morgan fingerprint density at radius 2 is 1.52 bits per heavy atom. The van der Waals surface area contributed by atoms with Crippen molar-refractivity contribution in [3.8, 4) is 16.9 Å². The smallest absolute Gasteiger partial charge is 0.123 e. The molecule has 0 spiro atoms. The topological polar surface area (TPSA) is 49.7 Å².